The van der Waals surface area contributed by atoms with E-state index in [1.807, 2.05) is 20.8 Å². The van der Waals surface area contributed by atoms with E-state index in [0.717, 1.165) is 29.7 Å². The lowest BCUT2D eigenvalue weighted by molar-refractivity contribution is 0.0936. The maximum absolute atomic E-state index is 12.6. The van der Waals surface area contributed by atoms with Gasteiger partial charge in [-0.1, -0.05) is 30.5 Å². The molecule has 0 aliphatic heterocycles. The van der Waals surface area contributed by atoms with Crippen LogP contribution in [0, 0.1) is 20.8 Å². The molecule has 4 nitrogen and oxygen atoms in total. The van der Waals surface area contributed by atoms with Gasteiger partial charge in [0.25, 0.3) is 11.8 Å². The van der Waals surface area contributed by atoms with Gasteiger partial charge >= 0.3 is 0 Å². The summed E-state index contributed by atoms with van der Waals surface area (Å²) in [5.41, 5.74) is 5.25. The molecule has 0 spiro atoms. The van der Waals surface area contributed by atoms with Crippen LogP contribution in [0.25, 0.3) is 0 Å². The topological polar surface area (TPSA) is 58.2 Å². The lowest BCUT2D eigenvalue weighted by Gasteiger charge is -2.14. The molecule has 1 fully saturated rings. The van der Waals surface area contributed by atoms with Crippen molar-refractivity contribution in [3.05, 3.63) is 64.2 Å². The minimum atomic E-state index is -0.164. The lowest BCUT2D eigenvalue weighted by atomic mass is 10.0. The number of nitrogens with one attached hydrogen (secondary N) is 2. The van der Waals surface area contributed by atoms with E-state index in [-0.39, 0.29) is 17.9 Å². The summed E-state index contributed by atoms with van der Waals surface area (Å²) in [6.07, 6.45) is 4.48. The summed E-state index contributed by atoms with van der Waals surface area (Å²) in [6, 6.07) is 11.2. The molecular formula is C22H26N2O2. The minimum Gasteiger partial charge on any atom is -0.349 e. The second kappa shape index (κ2) is 7.73. The molecule has 136 valence electrons. The summed E-state index contributed by atoms with van der Waals surface area (Å²) in [5, 5.41) is 6.05. The van der Waals surface area contributed by atoms with Gasteiger partial charge in [-0.2, -0.15) is 0 Å². The Morgan fingerprint density at radius 1 is 0.846 bits per heavy atom. The predicted octanol–water partition coefficient (Wildman–Crippen LogP) is 4.54. The molecule has 0 heterocycles. The molecule has 2 aromatic carbocycles. The number of rotatable bonds is 4. The van der Waals surface area contributed by atoms with Gasteiger partial charge in [0, 0.05) is 22.9 Å². The minimum absolute atomic E-state index is 0.0610. The van der Waals surface area contributed by atoms with Crippen molar-refractivity contribution in [3.63, 3.8) is 0 Å². The van der Waals surface area contributed by atoms with Gasteiger partial charge in [-0.3, -0.25) is 9.59 Å². The molecule has 0 aromatic heterocycles. The highest BCUT2D eigenvalue weighted by atomic mass is 16.2. The summed E-state index contributed by atoms with van der Waals surface area (Å²) in [5.74, 6) is -0.225. The number of benzene rings is 2. The van der Waals surface area contributed by atoms with Crippen LogP contribution in [-0.2, 0) is 0 Å². The van der Waals surface area contributed by atoms with Crippen molar-refractivity contribution in [3.8, 4) is 0 Å². The van der Waals surface area contributed by atoms with Crippen molar-refractivity contribution in [1.82, 2.24) is 5.32 Å². The zero-order chi connectivity index (χ0) is 18.7. The zero-order valence-electron chi connectivity index (χ0n) is 15.7. The van der Waals surface area contributed by atoms with Crippen LogP contribution < -0.4 is 10.6 Å². The molecule has 2 amide bonds. The van der Waals surface area contributed by atoms with E-state index in [1.165, 1.54) is 18.4 Å². The summed E-state index contributed by atoms with van der Waals surface area (Å²) >= 11 is 0. The van der Waals surface area contributed by atoms with Crippen LogP contribution in [-0.4, -0.2) is 17.9 Å². The van der Waals surface area contributed by atoms with Crippen molar-refractivity contribution in [2.45, 2.75) is 52.5 Å². The first-order valence-electron chi connectivity index (χ1n) is 9.24. The zero-order valence-corrected chi connectivity index (χ0v) is 15.7. The van der Waals surface area contributed by atoms with E-state index in [2.05, 4.69) is 22.8 Å². The first kappa shape index (κ1) is 18.2. The molecule has 0 radical (unpaired) electrons. The van der Waals surface area contributed by atoms with Crippen LogP contribution in [0.3, 0.4) is 0 Å². The molecule has 1 aliphatic carbocycles. The number of aryl methyl sites for hydroxylation is 3. The fraction of sp³-hybridized carbons (Fsp3) is 0.364. The van der Waals surface area contributed by atoms with Gasteiger partial charge in [0.2, 0.25) is 0 Å². The summed E-state index contributed by atoms with van der Waals surface area (Å²) in [4.78, 5) is 24.8. The van der Waals surface area contributed by atoms with Crippen molar-refractivity contribution in [2.75, 3.05) is 5.32 Å². The quantitative estimate of drug-likeness (QED) is 0.851. The molecule has 2 N–H and O–H groups in total. The third kappa shape index (κ3) is 4.13. The molecule has 2 aromatic rings. The van der Waals surface area contributed by atoms with Gasteiger partial charge in [0.05, 0.1) is 0 Å². The van der Waals surface area contributed by atoms with Gasteiger partial charge in [-0.25, -0.2) is 0 Å². The van der Waals surface area contributed by atoms with Gasteiger partial charge in [0.1, 0.15) is 0 Å². The summed E-state index contributed by atoms with van der Waals surface area (Å²) in [7, 11) is 0. The summed E-state index contributed by atoms with van der Waals surface area (Å²) in [6.45, 7) is 6.03. The number of hydrogen-bond acceptors (Lipinski definition) is 2. The Hall–Kier alpha value is -2.62. The third-order valence-electron chi connectivity index (χ3n) is 5.02. The molecule has 1 saturated carbocycles. The maximum atomic E-state index is 12.6. The first-order valence-corrected chi connectivity index (χ1v) is 9.24. The Balaban J connectivity index is 1.68. The molecule has 0 saturated heterocycles. The summed E-state index contributed by atoms with van der Waals surface area (Å²) < 4.78 is 0. The molecule has 0 bridgehead atoms. The Morgan fingerprint density at radius 3 is 1.88 bits per heavy atom. The normalized spacial score (nSPS) is 14.3. The van der Waals surface area contributed by atoms with E-state index in [1.54, 1.807) is 24.3 Å². The van der Waals surface area contributed by atoms with Crippen LogP contribution in [0.2, 0.25) is 0 Å². The van der Waals surface area contributed by atoms with E-state index in [9.17, 15) is 9.59 Å². The second-order valence-electron chi connectivity index (χ2n) is 7.26. The van der Waals surface area contributed by atoms with Crippen molar-refractivity contribution in [1.29, 1.82) is 0 Å². The molecule has 26 heavy (non-hydrogen) atoms. The van der Waals surface area contributed by atoms with Gasteiger partial charge in [-0.15, -0.1) is 0 Å². The van der Waals surface area contributed by atoms with E-state index >= 15 is 0 Å². The average molecular weight is 350 g/mol. The molecule has 4 heteroatoms. The number of hydrogen-bond donors (Lipinski definition) is 2. The van der Waals surface area contributed by atoms with E-state index in [4.69, 9.17) is 0 Å². The van der Waals surface area contributed by atoms with Gasteiger partial charge < -0.3 is 10.6 Å². The molecule has 0 unspecified atom stereocenters. The molecule has 3 rings (SSSR count). The molecule has 1 aliphatic rings. The van der Waals surface area contributed by atoms with Crippen molar-refractivity contribution in [2.24, 2.45) is 0 Å². The Morgan fingerprint density at radius 2 is 1.35 bits per heavy atom. The highest BCUT2D eigenvalue weighted by molar-refractivity contribution is 6.05. The fourth-order valence-corrected chi connectivity index (χ4v) is 3.67. The fourth-order valence-electron chi connectivity index (χ4n) is 3.67. The lowest BCUT2D eigenvalue weighted by Crippen LogP contribution is -2.32. The number of anilines is 1. The van der Waals surface area contributed by atoms with Crippen LogP contribution in [0.4, 0.5) is 5.69 Å². The number of carbonyl (C=O) groups is 2. The highest BCUT2D eigenvalue weighted by Crippen LogP contribution is 2.23. The standard InChI is InChI=1S/C22H26N2O2/c1-14-12-15(2)20(16(3)13-14)24-22(26)18-10-8-17(9-11-18)21(25)23-19-6-4-5-7-19/h8-13,19H,4-7H2,1-3H3,(H,23,25)(H,24,26). The Labute approximate surface area is 155 Å². The third-order valence-corrected chi connectivity index (χ3v) is 5.02. The number of carbonyl (C=O) groups excluding carboxylic acids is 2. The highest BCUT2D eigenvalue weighted by Gasteiger charge is 2.18. The van der Waals surface area contributed by atoms with Crippen molar-refractivity contribution < 1.29 is 9.59 Å². The Kier molecular flexibility index (Phi) is 5.40. The first-order chi connectivity index (χ1) is 12.4. The van der Waals surface area contributed by atoms with Crippen LogP contribution in [0.5, 0.6) is 0 Å². The van der Waals surface area contributed by atoms with E-state index < -0.39 is 0 Å². The Bertz CT molecular complexity index is 796. The van der Waals surface area contributed by atoms with Gasteiger partial charge in [-0.05, 0) is 69.0 Å². The van der Waals surface area contributed by atoms with Crippen LogP contribution in [0.15, 0.2) is 36.4 Å². The number of amides is 2. The largest absolute Gasteiger partial charge is 0.349 e. The van der Waals surface area contributed by atoms with Gasteiger partial charge in [0.15, 0.2) is 0 Å². The van der Waals surface area contributed by atoms with Crippen molar-refractivity contribution >= 4 is 17.5 Å². The molecule has 0 atom stereocenters. The smallest absolute Gasteiger partial charge is 0.255 e. The van der Waals surface area contributed by atoms with Crippen LogP contribution in [0.1, 0.15) is 63.1 Å². The van der Waals surface area contributed by atoms with E-state index in [0.29, 0.717) is 11.1 Å². The average Bonchev–Trinajstić information content (AvgIpc) is 3.11. The molecular weight excluding hydrogens is 324 g/mol. The van der Waals surface area contributed by atoms with Crippen LogP contribution >= 0.6 is 0 Å². The monoisotopic (exact) mass is 350 g/mol. The second-order valence-corrected chi connectivity index (χ2v) is 7.26. The maximum Gasteiger partial charge on any atom is 0.255 e. The SMILES string of the molecule is Cc1cc(C)c(NC(=O)c2ccc(C(=O)NC3CCCC3)cc2)c(C)c1. The predicted molar refractivity (Wildman–Crippen MR) is 105 cm³/mol.